The van der Waals surface area contributed by atoms with Crippen LogP contribution in [0.5, 0.6) is 0 Å². The van der Waals surface area contributed by atoms with Gasteiger partial charge in [0, 0.05) is 23.9 Å². The molecule has 23 heavy (non-hydrogen) atoms. The molecule has 3 aromatic rings. The minimum Gasteiger partial charge on any atom is -0.342 e. The lowest BCUT2D eigenvalue weighted by Crippen LogP contribution is -2.37. The number of carbonyl (C=O) groups excluding carboxylic acids is 1. The maximum atomic E-state index is 12.5. The van der Waals surface area contributed by atoms with Crippen LogP contribution in [0.1, 0.15) is 39.1 Å². The molecule has 0 atom stereocenters. The molecule has 0 saturated carbocycles. The van der Waals surface area contributed by atoms with Crippen LogP contribution < -0.4 is 0 Å². The predicted molar refractivity (Wildman–Crippen MR) is 93.0 cm³/mol. The molecular formula is C18H19N3OS. The summed E-state index contributed by atoms with van der Waals surface area (Å²) >= 11 is 1.58. The lowest BCUT2D eigenvalue weighted by atomic mass is 9.96. The topological polar surface area (TPSA) is 49.0 Å². The molecule has 1 fully saturated rings. The number of hydrogen-bond acceptors (Lipinski definition) is 3. The number of H-pyrrole nitrogens is 1. The van der Waals surface area contributed by atoms with Crippen molar-refractivity contribution in [3.05, 3.63) is 52.0 Å². The Hall–Kier alpha value is -2.14. The Bertz CT molecular complexity index is 810. The number of piperidine rings is 1. The largest absolute Gasteiger partial charge is 0.342 e. The summed E-state index contributed by atoms with van der Waals surface area (Å²) in [6.45, 7) is 3.64. The number of aromatic nitrogens is 2. The Kier molecular flexibility index (Phi) is 3.65. The molecule has 1 aromatic carbocycles. The molecule has 3 heterocycles. The zero-order valence-electron chi connectivity index (χ0n) is 13.1. The molecule has 1 aliphatic rings. The van der Waals surface area contributed by atoms with Crippen LogP contribution in [0, 0.1) is 6.92 Å². The van der Waals surface area contributed by atoms with Gasteiger partial charge in [-0.15, -0.1) is 11.3 Å². The van der Waals surface area contributed by atoms with Crippen LogP contribution in [0.3, 0.4) is 0 Å². The number of fused-ring (bicyclic) bond motifs is 1. The summed E-state index contributed by atoms with van der Waals surface area (Å²) in [5.74, 6) is 1.65. The molecule has 0 bridgehead atoms. The number of rotatable bonds is 2. The fourth-order valence-corrected chi connectivity index (χ4v) is 4.06. The normalized spacial score (nSPS) is 16.1. The van der Waals surface area contributed by atoms with E-state index >= 15 is 0 Å². The quantitative estimate of drug-likeness (QED) is 0.775. The van der Waals surface area contributed by atoms with Crippen LogP contribution in [-0.4, -0.2) is 33.9 Å². The van der Waals surface area contributed by atoms with Crippen molar-refractivity contribution in [1.29, 1.82) is 0 Å². The van der Waals surface area contributed by atoms with Gasteiger partial charge in [-0.05, 0) is 44.0 Å². The highest BCUT2D eigenvalue weighted by molar-refractivity contribution is 7.13. The van der Waals surface area contributed by atoms with E-state index in [0.717, 1.165) is 47.7 Å². The number of amides is 1. The SMILES string of the molecule is Cc1ccc(C(=O)N2CCC(c3nc4ccccc4[nH]3)CC2)s1. The number of imidazole rings is 1. The number of aryl methyl sites for hydroxylation is 1. The van der Waals surface area contributed by atoms with E-state index in [2.05, 4.69) is 11.1 Å². The average Bonchev–Trinajstić information content (AvgIpc) is 3.20. The van der Waals surface area contributed by atoms with Gasteiger partial charge in [0.25, 0.3) is 5.91 Å². The summed E-state index contributed by atoms with van der Waals surface area (Å²) < 4.78 is 0. The fraction of sp³-hybridized carbons (Fsp3) is 0.333. The van der Waals surface area contributed by atoms with Crippen LogP contribution >= 0.6 is 11.3 Å². The van der Waals surface area contributed by atoms with E-state index in [1.807, 2.05) is 42.2 Å². The number of thiophene rings is 1. The Balaban J connectivity index is 1.45. The van der Waals surface area contributed by atoms with Crippen molar-refractivity contribution in [1.82, 2.24) is 14.9 Å². The molecule has 0 unspecified atom stereocenters. The number of aromatic amines is 1. The highest BCUT2D eigenvalue weighted by Crippen LogP contribution is 2.29. The molecule has 5 heteroatoms. The number of carbonyl (C=O) groups is 1. The van der Waals surface area contributed by atoms with Gasteiger partial charge in [-0.25, -0.2) is 4.98 Å². The fourth-order valence-electron chi connectivity index (χ4n) is 3.23. The zero-order valence-corrected chi connectivity index (χ0v) is 13.9. The van der Waals surface area contributed by atoms with Crippen LogP contribution in [0.4, 0.5) is 0 Å². The van der Waals surface area contributed by atoms with Crippen LogP contribution in [-0.2, 0) is 0 Å². The molecule has 4 rings (SSSR count). The van der Waals surface area contributed by atoms with Gasteiger partial charge in [0.1, 0.15) is 5.82 Å². The van der Waals surface area contributed by atoms with Crippen molar-refractivity contribution < 1.29 is 4.79 Å². The number of para-hydroxylation sites is 2. The number of benzene rings is 1. The second-order valence-electron chi connectivity index (χ2n) is 6.12. The summed E-state index contributed by atoms with van der Waals surface area (Å²) in [5, 5.41) is 0. The number of nitrogens with zero attached hydrogens (tertiary/aromatic N) is 2. The lowest BCUT2D eigenvalue weighted by molar-refractivity contribution is 0.0716. The molecule has 2 aromatic heterocycles. The summed E-state index contributed by atoms with van der Waals surface area (Å²) in [6.07, 6.45) is 1.94. The number of likely N-dealkylation sites (tertiary alicyclic amines) is 1. The van der Waals surface area contributed by atoms with E-state index in [9.17, 15) is 4.79 Å². The van der Waals surface area contributed by atoms with Crippen molar-refractivity contribution >= 4 is 28.3 Å². The third-order valence-corrected chi connectivity index (χ3v) is 5.52. The maximum Gasteiger partial charge on any atom is 0.263 e. The van der Waals surface area contributed by atoms with Gasteiger partial charge in [0.05, 0.1) is 15.9 Å². The van der Waals surface area contributed by atoms with E-state index in [4.69, 9.17) is 4.98 Å². The lowest BCUT2D eigenvalue weighted by Gasteiger charge is -2.30. The van der Waals surface area contributed by atoms with E-state index in [1.54, 1.807) is 11.3 Å². The molecule has 0 spiro atoms. The van der Waals surface area contributed by atoms with E-state index in [0.29, 0.717) is 5.92 Å². The molecule has 1 N–H and O–H groups in total. The molecule has 0 radical (unpaired) electrons. The van der Waals surface area contributed by atoms with Crippen molar-refractivity contribution in [2.75, 3.05) is 13.1 Å². The van der Waals surface area contributed by atoms with Gasteiger partial charge in [-0.3, -0.25) is 4.79 Å². The van der Waals surface area contributed by atoms with E-state index in [1.165, 1.54) is 4.88 Å². The predicted octanol–water partition coefficient (Wildman–Crippen LogP) is 3.95. The number of nitrogens with one attached hydrogen (secondary N) is 1. The van der Waals surface area contributed by atoms with E-state index < -0.39 is 0 Å². The second-order valence-corrected chi connectivity index (χ2v) is 7.40. The first-order valence-corrected chi connectivity index (χ1v) is 8.83. The molecular weight excluding hydrogens is 306 g/mol. The molecule has 1 amide bonds. The summed E-state index contributed by atoms with van der Waals surface area (Å²) in [5.41, 5.74) is 2.12. The first kappa shape index (κ1) is 14.5. The maximum absolute atomic E-state index is 12.5. The van der Waals surface area contributed by atoms with Crippen LogP contribution in [0.2, 0.25) is 0 Å². The Morgan fingerprint density at radius 2 is 2.00 bits per heavy atom. The zero-order chi connectivity index (χ0) is 15.8. The van der Waals surface area contributed by atoms with Crippen molar-refractivity contribution in [2.45, 2.75) is 25.7 Å². The van der Waals surface area contributed by atoms with Crippen LogP contribution in [0.15, 0.2) is 36.4 Å². The average molecular weight is 325 g/mol. The second kappa shape index (κ2) is 5.81. The standard InChI is InChI=1S/C18H19N3OS/c1-12-6-7-16(23-12)18(22)21-10-8-13(9-11-21)17-19-14-4-2-3-5-15(14)20-17/h2-7,13H,8-11H2,1H3,(H,19,20). The summed E-state index contributed by atoms with van der Waals surface area (Å²) in [4.78, 5) is 24.7. The molecule has 118 valence electrons. The summed E-state index contributed by atoms with van der Waals surface area (Å²) in [6, 6.07) is 12.1. The van der Waals surface area contributed by atoms with Crippen molar-refractivity contribution in [2.24, 2.45) is 0 Å². The third kappa shape index (κ3) is 2.77. The van der Waals surface area contributed by atoms with Gasteiger partial charge in [-0.2, -0.15) is 0 Å². The number of hydrogen-bond donors (Lipinski definition) is 1. The van der Waals surface area contributed by atoms with E-state index in [-0.39, 0.29) is 5.91 Å². The minimum atomic E-state index is 0.172. The van der Waals surface area contributed by atoms with Gasteiger partial charge in [0.15, 0.2) is 0 Å². The van der Waals surface area contributed by atoms with Crippen LogP contribution in [0.25, 0.3) is 11.0 Å². The molecule has 1 aliphatic heterocycles. The smallest absolute Gasteiger partial charge is 0.263 e. The Morgan fingerprint density at radius 3 is 2.70 bits per heavy atom. The minimum absolute atomic E-state index is 0.172. The highest BCUT2D eigenvalue weighted by atomic mass is 32.1. The Morgan fingerprint density at radius 1 is 1.22 bits per heavy atom. The molecule has 4 nitrogen and oxygen atoms in total. The molecule has 0 aliphatic carbocycles. The van der Waals surface area contributed by atoms with Gasteiger partial charge in [0.2, 0.25) is 0 Å². The van der Waals surface area contributed by atoms with Gasteiger partial charge >= 0.3 is 0 Å². The third-order valence-electron chi connectivity index (χ3n) is 4.53. The van der Waals surface area contributed by atoms with Gasteiger partial charge < -0.3 is 9.88 Å². The van der Waals surface area contributed by atoms with Crippen molar-refractivity contribution in [3.8, 4) is 0 Å². The van der Waals surface area contributed by atoms with Gasteiger partial charge in [-0.1, -0.05) is 12.1 Å². The van der Waals surface area contributed by atoms with Crippen molar-refractivity contribution in [3.63, 3.8) is 0 Å². The molecule has 1 saturated heterocycles. The first-order chi connectivity index (χ1) is 11.2. The Labute approximate surface area is 139 Å². The first-order valence-electron chi connectivity index (χ1n) is 8.01. The monoisotopic (exact) mass is 325 g/mol. The summed E-state index contributed by atoms with van der Waals surface area (Å²) in [7, 11) is 0. The highest BCUT2D eigenvalue weighted by Gasteiger charge is 2.26.